The van der Waals surface area contributed by atoms with Crippen LogP contribution in [0.3, 0.4) is 0 Å². The Hall–Kier alpha value is -2.06. The van der Waals surface area contributed by atoms with Crippen LogP contribution in [0.5, 0.6) is 0 Å². The second-order valence-electron chi connectivity index (χ2n) is 6.28. The Morgan fingerprint density at radius 1 is 1.07 bits per heavy atom. The molecule has 28 heavy (non-hydrogen) atoms. The highest BCUT2D eigenvalue weighted by Gasteiger charge is 2.40. The molecule has 9 nitrogen and oxygen atoms in total. The Morgan fingerprint density at radius 3 is 2.07 bits per heavy atom. The lowest BCUT2D eigenvalue weighted by Gasteiger charge is -2.27. The zero-order chi connectivity index (χ0) is 20.9. The minimum Gasteiger partial charge on any atom is -0.312 e. The van der Waals surface area contributed by atoms with Crippen molar-refractivity contribution >= 4 is 25.3 Å². The van der Waals surface area contributed by atoms with E-state index in [9.17, 15) is 18.9 Å². The van der Waals surface area contributed by atoms with E-state index in [0.29, 0.717) is 11.1 Å². The van der Waals surface area contributed by atoms with Gasteiger partial charge in [0.1, 0.15) is 0 Å². The minimum atomic E-state index is -3.33. The summed E-state index contributed by atoms with van der Waals surface area (Å²) in [5.74, 6) is -1.16. The molecule has 1 aromatic carbocycles. The van der Waals surface area contributed by atoms with E-state index in [2.05, 4.69) is 0 Å². The van der Waals surface area contributed by atoms with Crippen molar-refractivity contribution in [3.8, 4) is 0 Å². The molecule has 0 saturated heterocycles. The Balaban J connectivity index is 2.23. The van der Waals surface area contributed by atoms with Crippen LogP contribution in [0.15, 0.2) is 24.3 Å². The summed E-state index contributed by atoms with van der Waals surface area (Å²) < 4.78 is 22.3. The predicted octanol–water partition coefficient (Wildman–Crippen LogP) is 2.33. The smallest absolute Gasteiger partial charge is 0.312 e. The fraction of sp³-hybridized carbons (Fsp3) is 0.500. The van der Waals surface area contributed by atoms with Crippen molar-refractivity contribution in [3.05, 3.63) is 35.4 Å². The molecule has 0 radical (unpaired) electrons. The summed E-state index contributed by atoms with van der Waals surface area (Å²) in [7, 11) is 2.07. The first kappa shape index (κ1) is 22.2. The Morgan fingerprint density at radius 2 is 1.61 bits per heavy atom. The maximum atomic E-state index is 12.8. The molecule has 1 unspecified atom stereocenters. The van der Waals surface area contributed by atoms with Gasteiger partial charge in [0.05, 0.1) is 24.4 Å². The number of imide groups is 1. The summed E-state index contributed by atoms with van der Waals surface area (Å²) in [4.78, 5) is 43.7. The summed E-state index contributed by atoms with van der Waals surface area (Å²) in [6, 6.07) is 5.91. The highest BCUT2D eigenvalue weighted by molar-refractivity contribution is 7.53. The summed E-state index contributed by atoms with van der Waals surface area (Å²) in [6.07, 6.45) is 0.429. The third-order valence-corrected chi connectivity index (χ3v) is 6.72. The average Bonchev–Trinajstić information content (AvgIpc) is 2.98. The van der Waals surface area contributed by atoms with Gasteiger partial charge < -0.3 is 9.05 Å². The Kier molecular flexibility index (Phi) is 7.48. The van der Waals surface area contributed by atoms with Crippen molar-refractivity contribution in [2.24, 2.45) is 0 Å². The molecule has 0 bridgehead atoms. The zero-order valence-corrected chi connectivity index (χ0v) is 17.3. The van der Waals surface area contributed by atoms with Gasteiger partial charge in [0.2, 0.25) is 5.91 Å². The van der Waals surface area contributed by atoms with Gasteiger partial charge in [-0.2, -0.15) is 0 Å². The number of hydrogen-bond donors (Lipinski definition) is 0. The van der Waals surface area contributed by atoms with Gasteiger partial charge >= 0.3 is 7.60 Å². The third kappa shape index (κ3) is 4.67. The SMILES string of the molecule is CON(C)C(=O)CCC(CCP(=O)(OC)OC)N1C(=O)c2ccccc2C1=O. The topological polar surface area (TPSA) is 102 Å². The van der Waals surface area contributed by atoms with E-state index >= 15 is 0 Å². The van der Waals surface area contributed by atoms with Gasteiger partial charge in [-0.1, -0.05) is 12.1 Å². The zero-order valence-electron chi connectivity index (χ0n) is 16.4. The van der Waals surface area contributed by atoms with E-state index in [4.69, 9.17) is 13.9 Å². The van der Waals surface area contributed by atoms with Crippen LogP contribution in [0, 0.1) is 0 Å². The van der Waals surface area contributed by atoms with Crippen LogP contribution in [-0.2, 0) is 23.2 Å². The number of hydrogen-bond acceptors (Lipinski definition) is 7. The van der Waals surface area contributed by atoms with Crippen LogP contribution < -0.4 is 0 Å². The molecular weight excluding hydrogens is 387 g/mol. The molecule has 1 aliphatic rings. The van der Waals surface area contributed by atoms with E-state index in [1.54, 1.807) is 24.3 Å². The number of rotatable bonds is 10. The van der Waals surface area contributed by atoms with Crippen molar-refractivity contribution in [2.75, 3.05) is 34.5 Å². The van der Waals surface area contributed by atoms with Crippen LogP contribution >= 0.6 is 7.60 Å². The maximum Gasteiger partial charge on any atom is 0.330 e. The summed E-state index contributed by atoms with van der Waals surface area (Å²) in [5.41, 5.74) is 0.638. The summed E-state index contributed by atoms with van der Waals surface area (Å²) >= 11 is 0. The van der Waals surface area contributed by atoms with Crippen LogP contribution in [0.2, 0.25) is 0 Å². The van der Waals surface area contributed by atoms with Crippen LogP contribution in [-0.4, -0.2) is 68.3 Å². The standard InChI is InChI=1S/C18H25N2O7P/c1-19(25-2)16(21)10-9-13(11-12-28(24,26-3)27-4)20-17(22)14-7-5-6-8-15(14)18(20)23/h5-8,13H,9-12H2,1-4H3. The van der Waals surface area contributed by atoms with Crippen molar-refractivity contribution < 1.29 is 32.8 Å². The lowest BCUT2D eigenvalue weighted by Crippen LogP contribution is -2.41. The monoisotopic (exact) mass is 412 g/mol. The number of carbonyl (C=O) groups is 3. The molecule has 1 aliphatic heterocycles. The van der Waals surface area contributed by atoms with E-state index < -0.39 is 25.5 Å². The van der Waals surface area contributed by atoms with Crippen LogP contribution in [0.25, 0.3) is 0 Å². The van der Waals surface area contributed by atoms with Crippen molar-refractivity contribution in [1.29, 1.82) is 0 Å². The van der Waals surface area contributed by atoms with Gasteiger partial charge in [-0.3, -0.25) is 28.7 Å². The largest absolute Gasteiger partial charge is 0.330 e. The molecule has 154 valence electrons. The number of benzene rings is 1. The third-order valence-electron chi connectivity index (χ3n) is 4.80. The molecule has 10 heteroatoms. The molecule has 3 amide bonds. The lowest BCUT2D eigenvalue weighted by molar-refractivity contribution is -0.168. The van der Waals surface area contributed by atoms with Crippen LogP contribution in [0.4, 0.5) is 0 Å². The van der Waals surface area contributed by atoms with E-state index in [-0.39, 0.29) is 31.3 Å². The molecule has 0 N–H and O–H groups in total. The number of amides is 3. The van der Waals surface area contributed by atoms with Crippen molar-refractivity contribution in [1.82, 2.24) is 9.96 Å². The minimum absolute atomic E-state index is 0.00633. The first-order chi connectivity index (χ1) is 13.3. The van der Waals surface area contributed by atoms with Gasteiger partial charge in [0.25, 0.3) is 11.8 Å². The van der Waals surface area contributed by atoms with E-state index in [1.165, 1.54) is 28.4 Å². The summed E-state index contributed by atoms with van der Waals surface area (Å²) in [6.45, 7) is 0. The average molecular weight is 412 g/mol. The van der Waals surface area contributed by atoms with E-state index in [1.807, 2.05) is 0 Å². The normalized spacial score (nSPS) is 14.9. The molecule has 1 atom stereocenters. The van der Waals surface area contributed by atoms with Gasteiger partial charge in [-0.15, -0.1) is 0 Å². The fourth-order valence-corrected chi connectivity index (χ4v) is 4.18. The highest BCUT2D eigenvalue weighted by Crippen LogP contribution is 2.47. The second kappa shape index (κ2) is 9.43. The van der Waals surface area contributed by atoms with Gasteiger partial charge in [0, 0.05) is 33.7 Å². The van der Waals surface area contributed by atoms with Crippen LogP contribution in [0.1, 0.15) is 40.0 Å². The fourth-order valence-electron chi connectivity index (χ4n) is 3.06. The quantitative estimate of drug-likeness (QED) is 0.330. The van der Waals surface area contributed by atoms with Crippen molar-refractivity contribution in [2.45, 2.75) is 25.3 Å². The second-order valence-corrected chi connectivity index (χ2v) is 8.68. The highest BCUT2D eigenvalue weighted by atomic mass is 31.2. The van der Waals surface area contributed by atoms with Crippen molar-refractivity contribution in [3.63, 3.8) is 0 Å². The molecule has 0 saturated carbocycles. The first-order valence-electron chi connectivity index (χ1n) is 8.76. The van der Waals surface area contributed by atoms with Gasteiger partial charge in [-0.05, 0) is 25.0 Å². The molecule has 1 heterocycles. The summed E-state index contributed by atoms with van der Waals surface area (Å²) in [5, 5.41) is 1.08. The van der Waals surface area contributed by atoms with E-state index in [0.717, 1.165) is 9.96 Å². The molecular formula is C18H25N2O7P. The number of carbonyl (C=O) groups excluding carboxylic acids is 3. The predicted molar refractivity (Wildman–Crippen MR) is 101 cm³/mol. The first-order valence-corrected chi connectivity index (χ1v) is 10.5. The molecule has 0 spiro atoms. The molecule has 0 aliphatic carbocycles. The number of hydroxylamine groups is 2. The number of fused-ring (bicyclic) bond motifs is 1. The molecule has 0 aromatic heterocycles. The maximum absolute atomic E-state index is 12.8. The Labute approximate surface area is 164 Å². The number of nitrogens with zero attached hydrogens (tertiary/aromatic N) is 2. The lowest BCUT2D eigenvalue weighted by atomic mass is 10.1. The Bertz CT molecular complexity index is 755. The van der Waals surface area contributed by atoms with Gasteiger partial charge in [-0.25, -0.2) is 5.06 Å². The molecule has 2 rings (SSSR count). The van der Waals surface area contributed by atoms with Gasteiger partial charge in [0.15, 0.2) is 0 Å². The molecule has 0 fully saturated rings. The molecule has 1 aromatic rings.